The van der Waals surface area contributed by atoms with E-state index in [1.165, 1.54) is 0 Å². The molecule has 34 heavy (non-hydrogen) atoms. The van der Waals surface area contributed by atoms with Crippen molar-refractivity contribution in [3.63, 3.8) is 0 Å². The van der Waals surface area contributed by atoms with Crippen molar-refractivity contribution in [3.8, 4) is 5.75 Å². The molecule has 1 amide bonds. The first kappa shape index (κ1) is 24.5. The Morgan fingerprint density at radius 2 is 1.82 bits per heavy atom. The molecule has 0 aromatic heterocycles. The van der Waals surface area contributed by atoms with Crippen molar-refractivity contribution in [1.29, 1.82) is 0 Å². The van der Waals surface area contributed by atoms with E-state index in [9.17, 15) is 19.8 Å². The van der Waals surface area contributed by atoms with Crippen LogP contribution in [0.2, 0.25) is 5.02 Å². The SMILES string of the molecule is O=C(O)N[C@@]1(C(=O)C(c2ccc(OCc3ccccc3)c(Cl)c2)C2(O)CCCCC2)CCNC1. The minimum Gasteiger partial charge on any atom is -0.487 e. The molecule has 2 aromatic carbocycles. The molecule has 1 aliphatic heterocycles. The topological polar surface area (TPSA) is 108 Å². The summed E-state index contributed by atoms with van der Waals surface area (Å²) >= 11 is 6.57. The summed E-state index contributed by atoms with van der Waals surface area (Å²) in [5.74, 6) is -0.740. The van der Waals surface area contributed by atoms with Gasteiger partial charge >= 0.3 is 6.09 Å². The highest BCUT2D eigenvalue weighted by Gasteiger charge is 2.52. The van der Waals surface area contributed by atoms with Crippen LogP contribution in [0.1, 0.15) is 55.6 Å². The molecule has 2 atom stereocenters. The van der Waals surface area contributed by atoms with Gasteiger partial charge in [0, 0.05) is 6.54 Å². The van der Waals surface area contributed by atoms with Gasteiger partial charge in [-0.15, -0.1) is 0 Å². The first-order valence-electron chi connectivity index (χ1n) is 11.8. The lowest BCUT2D eigenvalue weighted by Crippen LogP contribution is -2.60. The van der Waals surface area contributed by atoms with Crippen LogP contribution in [0.25, 0.3) is 0 Å². The highest BCUT2D eigenvalue weighted by Crippen LogP contribution is 2.44. The van der Waals surface area contributed by atoms with Gasteiger partial charge in [0.05, 0.1) is 16.5 Å². The summed E-state index contributed by atoms with van der Waals surface area (Å²) in [5, 5.41) is 27.0. The van der Waals surface area contributed by atoms with Crippen LogP contribution >= 0.6 is 11.6 Å². The smallest absolute Gasteiger partial charge is 0.405 e. The van der Waals surface area contributed by atoms with Gasteiger partial charge in [-0.2, -0.15) is 0 Å². The van der Waals surface area contributed by atoms with Crippen molar-refractivity contribution >= 4 is 23.5 Å². The molecule has 0 spiro atoms. The molecular weight excluding hydrogens is 456 g/mol. The van der Waals surface area contributed by atoms with E-state index in [2.05, 4.69) is 10.6 Å². The number of carbonyl (C=O) groups is 2. The van der Waals surface area contributed by atoms with E-state index in [-0.39, 0.29) is 12.3 Å². The number of rotatable bonds is 8. The van der Waals surface area contributed by atoms with Gasteiger partial charge in [-0.05, 0) is 49.1 Å². The molecule has 4 rings (SSSR count). The van der Waals surface area contributed by atoms with Crippen molar-refractivity contribution in [3.05, 3.63) is 64.7 Å². The summed E-state index contributed by atoms with van der Waals surface area (Å²) in [6.45, 7) is 1.06. The Kier molecular flexibility index (Phi) is 7.45. The zero-order valence-corrected chi connectivity index (χ0v) is 19.8. The summed E-state index contributed by atoms with van der Waals surface area (Å²) < 4.78 is 5.88. The predicted molar refractivity (Wildman–Crippen MR) is 129 cm³/mol. The zero-order chi connectivity index (χ0) is 24.2. The summed E-state index contributed by atoms with van der Waals surface area (Å²) in [7, 11) is 0. The molecule has 1 unspecified atom stereocenters. The Morgan fingerprint density at radius 1 is 1.09 bits per heavy atom. The summed E-state index contributed by atoms with van der Waals surface area (Å²) in [6, 6.07) is 14.9. The van der Waals surface area contributed by atoms with Crippen molar-refractivity contribution < 1.29 is 24.5 Å². The van der Waals surface area contributed by atoms with Crippen molar-refractivity contribution in [1.82, 2.24) is 10.6 Å². The van der Waals surface area contributed by atoms with Crippen LogP contribution in [-0.2, 0) is 11.4 Å². The fourth-order valence-electron chi connectivity index (χ4n) is 5.26. The van der Waals surface area contributed by atoms with Crippen LogP contribution in [0.5, 0.6) is 5.75 Å². The number of carboxylic acid groups (broad SMARTS) is 1. The number of amides is 1. The molecule has 182 valence electrons. The van der Waals surface area contributed by atoms with E-state index in [0.717, 1.165) is 24.8 Å². The number of carbonyl (C=O) groups excluding carboxylic acids is 1. The maximum atomic E-state index is 14.0. The Morgan fingerprint density at radius 3 is 2.44 bits per heavy atom. The Balaban J connectivity index is 1.65. The third-order valence-electron chi connectivity index (χ3n) is 7.02. The van der Waals surface area contributed by atoms with E-state index in [1.807, 2.05) is 30.3 Å². The lowest BCUT2D eigenvalue weighted by atomic mass is 9.67. The molecule has 7 nitrogen and oxygen atoms in total. The number of ether oxygens (including phenoxy) is 1. The maximum Gasteiger partial charge on any atom is 0.405 e. The molecule has 0 bridgehead atoms. The van der Waals surface area contributed by atoms with Gasteiger partial charge in [-0.1, -0.05) is 67.3 Å². The number of halogens is 1. The average Bonchev–Trinajstić information content (AvgIpc) is 3.29. The van der Waals surface area contributed by atoms with Crippen molar-refractivity contribution in [2.45, 2.75) is 62.2 Å². The molecule has 1 saturated carbocycles. The summed E-state index contributed by atoms with van der Waals surface area (Å²) in [5.41, 5.74) is -0.980. The van der Waals surface area contributed by atoms with E-state index in [1.54, 1.807) is 18.2 Å². The monoisotopic (exact) mass is 486 g/mol. The minimum absolute atomic E-state index is 0.191. The van der Waals surface area contributed by atoms with Gasteiger partial charge in [-0.25, -0.2) is 4.79 Å². The molecule has 1 heterocycles. The second kappa shape index (κ2) is 10.3. The Bertz CT molecular complexity index is 1020. The van der Waals surface area contributed by atoms with Crippen LogP contribution < -0.4 is 15.4 Å². The van der Waals surface area contributed by atoms with Crippen LogP contribution in [-0.4, -0.2) is 46.3 Å². The van der Waals surface area contributed by atoms with Gasteiger partial charge < -0.3 is 25.6 Å². The second-order valence-corrected chi connectivity index (χ2v) is 9.77. The first-order chi connectivity index (χ1) is 16.3. The predicted octanol–water partition coefficient (Wildman–Crippen LogP) is 4.27. The number of hydrogen-bond donors (Lipinski definition) is 4. The third-order valence-corrected chi connectivity index (χ3v) is 7.31. The molecule has 1 saturated heterocycles. The lowest BCUT2D eigenvalue weighted by Gasteiger charge is -2.42. The van der Waals surface area contributed by atoms with Crippen LogP contribution in [0, 0.1) is 0 Å². The lowest BCUT2D eigenvalue weighted by molar-refractivity contribution is -0.134. The third kappa shape index (κ3) is 5.22. The first-order valence-corrected chi connectivity index (χ1v) is 12.2. The molecule has 1 aliphatic carbocycles. The van der Waals surface area contributed by atoms with Gasteiger partial charge in [0.25, 0.3) is 0 Å². The van der Waals surface area contributed by atoms with E-state index < -0.39 is 23.2 Å². The van der Waals surface area contributed by atoms with Gasteiger partial charge in [0.2, 0.25) is 0 Å². The fourth-order valence-corrected chi connectivity index (χ4v) is 5.50. The van der Waals surface area contributed by atoms with Crippen LogP contribution in [0.4, 0.5) is 4.79 Å². The number of benzene rings is 2. The molecule has 2 aliphatic rings. The molecule has 2 aromatic rings. The standard InChI is InChI=1S/C26H31ClN2O5/c27-20-15-19(9-10-21(20)34-16-18-7-3-1-4-8-18)22(26(33)11-5-2-6-12-26)23(30)25(29-24(31)32)13-14-28-17-25/h1,3-4,7-10,15,22,28-29,33H,2,5-6,11-14,16-17H2,(H,31,32)/t22?,25-/m0/s1. The van der Waals surface area contributed by atoms with Gasteiger partial charge in [0.1, 0.15) is 17.9 Å². The Labute approximate surface area is 204 Å². The highest BCUT2D eigenvalue weighted by atomic mass is 35.5. The molecular formula is C26H31ClN2O5. The normalized spacial score (nSPS) is 22.6. The van der Waals surface area contributed by atoms with E-state index in [4.69, 9.17) is 16.3 Å². The number of aliphatic hydroxyl groups is 1. The number of Topliss-reactive ketones (excluding diaryl/α,β-unsaturated/α-hetero) is 1. The molecule has 4 N–H and O–H groups in total. The second-order valence-electron chi connectivity index (χ2n) is 9.36. The van der Waals surface area contributed by atoms with Crippen LogP contribution in [0.15, 0.2) is 48.5 Å². The zero-order valence-electron chi connectivity index (χ0n) is 19.1. The average molecular weight is 487 g/mol. The summed E-state index contributed by atoms with van der Waals surface area (Å²) in [6.07, 6.45) is 2.64. The number of hydrogen-bond acceptors (Lipinski definition) is 5. The fraction of sp³-hybridized carbons (Fsp3) is 0.462. The molecule has 8 heteroatoms. The summed E-state index contributed by atoms with van der Waals surface area (Å²) in [4.78, 5) is 25.6. The van der Waals surface area contributed by atoms with Gasteiger partial charge in [0.15, 0.2) is 5.78 Å². The number of nitrogens with one attached hydrogen (secondary N) is 2. The van der Waals surface area contributed by atoms with Crippen LogP contribution in [0.3, 0.4) is 0 Å². The quantitative estimate of drug-likeness (QED) is 0.444. The van der Waals surface area contributed by atoms with Crippen molar-refractivity contribution in [2.24, 2.45) is 0 Å². The van der Waals surface area contributed by atoms with Crippen molar-refractivity contribution in [2.75, 3.05) is 13.1 Å². The molecule has 2 fully saturated rings. The number of ketones is 1. The van der Waals surface area contributed by atoms with E-state index in [0.29, 0.717) is 48.7 Å². The highest BCUT2D eigenvalue weighted by molar-refractivity contribution is 6.32. The van der Waals surface area contributed by atoms with E-state index >= 15 is 0 Å². The Hall–Kier alpha value is -2.61. The van der Waals surface area contributed by atoms with Gasteiger partial charge in [-0.3, -0.25) is 4.79 Å². The minimum atomic E-state index is -1.29. The largest absolute Gasteiger partial charge is 0.487 e. The maximum absolute atomic E-state index is 14.0. The molecule has 0 radical (unpaired) electrons.